The fraction of sp³-hybridized carbons (Fsp3) is 0.231. The Hall–Kier alpha value is -2.91. The quantitative estimate of drug-likeness (QED) is 0.687. The molecular formula is C13H10F3N3O4. The molecule has 2 aromatic rings. The van der Waals surface area contributed by atoms with Gasteiger partial charge in [-0.25, -0.2) is 0 Å². The molecule has 0 bridgehead atoms. The molecule has 1 N–H and O–H groups in total. The first-order valence-corrected chi connectivity index (χ1v) is 6.21. The number of hydrogen-bond donors (Lipinski definition) is 1. The molecule has 0 aliphatic carbocycles. The Bertz CT molecular complexity index is 764. The molecule has 0 radical (unpaired) electrons. The number of nitro benzene ring substituents is 1. The third-order valence-electron chi connectivity index (χ3n) is 3.04. The minimum atomic E-state index is -4.75. The average molecular weight is 329 g/mol. The Labute approximate surface area is 127 Å². The zero-order valence-corrected chi connectivity index (χ0v) is 11.9. The summed E-state index contributed by atoms with van der Waals surface area (Å²) in [4.78, 5) is 22.1. The van der Waals surface area contributed by atoms with Crippen LogP contribution in [0.2, 0.25) is 0 Å². The number of aromatic nitrogens is 1. The molecule has 0 unspecified atom stereocenters. The standard InChI is InChI=1S/C13H10F3N3O4/c1-6-11(7(2)23-18-6)17-12(20)9-4-3-8(13(14,15)16)5-10(9)19(21)22/h3-5H,1-2H3,(H,17,20). The van der Waals surface area contributed by atoms with E-state index in [-0.39, 0.29) is 11.4 Å². The second kappa shape index (κ2) is 5.71. The molecule has 1 amide bonds. The largest absolute Gasteiger partial charge is 0.416 e. The molecule has 7 nitrogen and oxygen atoms in total. The predicted molar refractivity (Wildman–Crippen MR) is 72.0 cm³/mol. The smallest absolute Gasteiger partial charge is 0.359 e. The Kier molecular flexibility index (Phi) is 4.08. The Morgan fingerprint density at radius 2 is 2.00 bits per heavy atom. The minimum absolute atomic E-state index is 0.212. The van der Waals surface area contributed by atoms with Gasteiger partial charge in [-0.3, -0.25) is 14.9 Å². The summed E-state index contributed by atoms with van der Waals surface area (Å²) in [5, 5.41) is 16.9. The van der Waals surface area contributed by atoms with Gasteiger partial charge < -0.3 is 9.84 Å². The van der Waals surface area contributed by atoms with Crippen molar-refractivity contribution in [1.29, 1.82) is 0 Å². The average Bonchev–Trinajstić information content (AvgIpc) is 2.77. The number of carbonyl (C=O) groups excluding carboxylic acids is 1. The molecular weight excluding hydrogens is 319 g/mol. The van der Waals surface area contributed by atoms with E-state index in [4.69, 9.17) is 4.52 Å². The second-order valence-corrected chi connectivity index (χ2v) is 4.64. The van der Waals surface area contributed by atoms with Gasteiger partial charge in [0.1, 0.15) is 16.9 Å². The van der Waals surface area contributed by atoms with Crippen molar-refractivity contribution in [3.05, 3.63) is 50.9 Å². The number of anilines is 1. The highest BCUT2D eigenvalue weighted by Gasteiger charge is 2.34. The van der Waals surface area contributed by atoms with Gasteiger partial charge in [-0.2, -0.15) is 13.2 Å². The predicted octanol–water partition coefficient (Wildman–Crippen LogP) is 3.47. The van der Waals surface area contributed by atoms with Crippen molar-refractivity contribution in [2.45, 2.75) is 20.0 Å². The van der Waals surface area contributed by atoms with Gasteiger partial charge in [-0.05, 0) is 26.0 Å². The monoisotopic (exact) mass is 329 g/mol. The highest BCUT2D eigenvalue weighted by atomic mass is 19.4. The summed E-state index contributed by atoms with van der Waals surface area (Å²) in [6, 6.07) is 1.69. The van der Waals surface area contributed by atoms with E-state index >= 15 is 0 Å². The lowest BCUT2D eigenvalue weighted by atomic mass is 10.1. The lowest BCUT2D eigenvalue weighted by Gasteiger charge is -2.09. The number of amides is 1. The van der Waals surface area contributed by atoms with Gasteiger partial charge in [-0.15, -0.1) is 0 Å². The maximum atomic E-state index is 12.6. The van der Waals surface area contributed by atoms with Gasteiger partial charge in [-0.1, -0.05) is 5.16 Å². The maximum Gasteiger partial charge on any atom is 0.416 e. The highest BCUT2D eigenvalue weighted by molar-refractivity contribution is 6.07. The van der Waals surface area contributed by atoms with Crippen LogP contribution >= 0.6 is 0 Å². The highest BCUT2D eigenvalue weighted by Crippen LogP contribution is 2.33. The molecule has 1 heterocycles. The van der Waals surface area contributed by atoms with E-state index in [2.05, 4.69) is 10.5 Å². The normalized spacial score (nSPS) is 11.3. The van der Waals surface area contributed by atoms with Crippen LogP contribution in [0.4, 0.5) is 24.5 Å². The molecule has 23 heavy (non-hydrogen) atoms. The first-order chi connectivity index (χ1) is 10.6. The van der Waals surface area contributed by atoms with Gasteiger partial charge in [0, 0.05) is 6.07 Å². The number of benzene rings is 1. The van der Waals surface area contributed by atoms with Crippen LogP contribution < -0.4 is 5.32 Å². The van der Waals surface area contributed by atoms with Crippen LogP contribution in [0.15, 0.2) is 22.7 Å². The van der Waals surface area contributed by atoms with Gasteiger partial charge in [0.15, 0.2) is 5.76 Å². The summed E-state index contributed by atoms with van der Waals surface area (Å²) in [5.74, 6) is -0.662. The van der Waals surface area contributed by atoms with Gasteiger partial charge in [0.25, 0.3) is 11.6 Å². The van der Waals surface area contributed by atoms with Crippen LogP contribution in [0.5, 0.6) is 0 Å². The summed E-state index contributed by atoms with van der Waals surface area (Å²) < 4.78 is 42.7. The second-order valence-electron chi connectivity index (χ2n) is 4.64. The Morgan fingerprint density at radius 1 is 1.35 bits per heavy atom. The summed E-state index contributed by atoms with van der Waals surface area (Å²) >= 11 is 0. The summed E-state index contributed by atoms with van der Waals surface area (Å²) in [6.07, 6.45) is -4.75. The van der Waals surface area contributed by atoms with Crippen LogP contribution in [0.25, 0.3) is 0 Å². The van der Waals surface area contributed by atoms with Gasteiger partial charge in [0.2, 0.25) is 0 Å². The molecule has 1 aromatic carbocycles. The van der Waals surface area contributed by atoms with Crippen molar-refractivity contribution in [2.24, 2.45) is 0 Å². The fourth-order valence-electron chi connectivity index (χ4n) is 1.89. The number of carbonyl (C=O) groups is 1. The van der Waals surface area contributed by atoms with Crippen molar-refractivity contribution < 1.29 is 27.4 Å². The summed E-state index contributed by atoms with van der Waals surface area (Å²) in [7, 11) is 0. The summed E-state index contributed by atoms with van der Waals surface area (Å²) in [5.41, 5.74) is -2.10. The van der Waals surface area contributed by atoms with E-state index in [1.807, 2.05) is 0 Å². The molecule has 0 saturated carbocycles. The molecule has 122 valence electrons. The fourth-order valence-corrected chi connectivity index (χ4v) is 1.89. The SMILES string of the molecule is Cc1noc(C)c1NC(=O)c1ccc(C(F)(F)F)cc1[N+](=O)[O-]. The number of nitrogens with one attached hydrogen (secondary N) is 1. The molecule has 0 atom stereocenters. The molecule has 2 rings (SSSR count). The number of hydrogen-bond acceptors (Lipinski definition) is 5. The number of halogens is 3. The number of nitrogens with zero attached hydrogens (tertiary/aromatic N) is 2. The summed E-state index contributed by atoms with van der Waals surface area (Å²) in [6.45, 7) is 3.05. The van der Waals surface area contributed by atoms with Crippen molar-refractivity contribution in [3.8, 4) is 0 Å². The van der Waals surface area contributed by atoms with Gasteiger partial charge in [0.05, 0.1) is 10.5 Å². The van der Waals surface area contributed by atoms with Crippen LogP contribution in [0.1, 0.15) is 27.4 Å². The molecule has 0 spiro atoms. The van der Waals surface area contributed by atoms with Crippen molar-refractivity contribution >= 4 is 17.3 Å². The zero-order chi connectivity index (χ0) is 17.4. The lowest BCUT2D eigenvalue weighted by molar-refractivity contribution is -0.385. The van der Waals surface area contributed by atoms with Crippen LogP contribution in [-0.2, 0) is 6.18 Å². The molecule has 0 aliphatic heterocycles. The van der Waals surface area contributed by atoms with Crippen molar-refractivity contribution in [3.63, 3.8) is 0 Å². The number of alkyl halides is 3. The van der Waals surface area contributed by atoms with E-state index < -0.39 is 33.8 Å². The Balaban J connectivity index is 2.42. The topological polar surface area (TPSA) is 98.3 Å². The third kappa shape index (κ3) is 3.30. The van der Waals surface area contributed by atoms with Gasteiger partial charge >= 0.3 is 6.18 Å². The van der Waals surface area contributed by atoms with E-state index in [1.54, 1.807) is 0 Å². The van der Waals surface area contributed by atoms with Crippen LogP contribution in [0.3, 0.4) is 0 Å². The lowest BCUT2D eigenvalue weighted by Crippen LogP contribution is -2.16. The van der Waals surface area contributed by atoms with E-state index in [0.717, 1.165) is 6.07 Å². The molecule has 0 saturated heterocycles. The first-order valence-electron chi connectivity index (χ1n) is 6.21. The Morgan fingerprint density at radius 3 is 2.48 bits per heavy atom. The number of aryl methyl sites for hydroxylation is 2. The van der Waals surface area contributed by atoms with Crippen molar-refractivity contribution in [1.82, 2.24) is 5.16 Å². The third-order valence-corrected chi connectivity index (χ3v) is 3.04. The molecule has 10 heteroatoms. The van der Waals surface area contributed by atoms with E-state index in [0.29, 0.717) is 17.8 Å². The zero-order valence-electron chi connectivity index (χ0n) is 11.9. The van der Waals surface area contributed by atoms with E-state index in [1.165, 1.54) is 13.8 Å². The minimum Gasteiger partial charge on any atom is -0.359 e. The van der Waals surface area contributed by atoms with Crippen LogP contribution in [-0.4, -0.2) is 16.0 Å². The molecule has 0 aliphatic rings. The van der Waals surface area contributed by atoms with Crippen molar-refractivity contribution in [2.75, 3.05) is 5.32 Å². The number of nitro groups is 1. The number of rotatable bonds is 3. The van der Waals surface area contributed by atoms with Crippen LogP contribution in [0, 0.1) is 24.0 Å². The van der Waals surface area contributed by atoms with E-state index in [9.17, 15) is 28.1 Å². The molecule has 0 fully saturated rings. The molecule has 1 aromatic heterocycles. The first kappa shape index (κ1) is 16.5. The maximum absolute atomic E-state index is 12.6.